The summed E-state index contributed by atoms with van der Waals surface area (Å²) in [6, 6.07) is 5.86. The van der Waals surface area contributed by atoms with E-state index in [9.17, 15) is 0 Å². The summed E-state index contributed by atoms with van der Waals surface area (Å²) in [5.74, 6) is 0. The molecule has 2 aromatic rings. The van der Waals surface area contributed by atoms with E-state index >= 15 is 0 Å². The van der Waals surface area contributed by atoms with Gasteiger partial charge in [0.05, 0.1) is 18.2 Å². The van der Waals surface area contributed by atoms with Gasteiger partial charge >= 0.3 is 0 Å². The molecule has 1 aromatic heterocycles. The Bertz CT molecular complexity index is 522. The molecule has 0 unspecified atom stereocenters. The highest BCUT2D eigenvalue weighted by Crippen LogP contribution is 2.34. The summed E-state index contributed by atoms with van der Waals surface area (Å²) < 4.78 is 1.09. The summed E-state index contributed by atoms with van der Waals surface area (Å²) in [6.07, 6.45) is 0.310. The fourth-order valence-electron chi connectivity index (χ4n) is 1.51. The van der Waals surface area contributed by atoms with Gasteiger partial charge in [-0.05, 0) is 17.7 Å². The predicted molar refractivity (Wildman–Crippen MR) is 60.0 cm³/mol. The summed E-state index contributed by atoms with van der Waals surface area (Å²) in [7, 11) is 0. The molecular formula is C10H9N3S. The smallest absolute Gasteiger partial charge is 0.0670 e. The highest BCUT2D eigenvalue weighted by atomic mass is 32.1. The van der Waals surface area contributed by atoms with Gasteiger partial charge in [-0.2, -0.15) is 5.26 Å². The average molecular weight is 203 g/mol. The Morgan fingerprint density at radius 2 is 2.07 bits per heavy atom. The van der Waals surface area contributed by atoms with Crippen LogP contribution in [0, 0.1) is 11.3 Å². The van der Waals surface area contributed by atoms with Gasteiger partial charge in [0.1, 0.15) is 0 Å². The zero-order valence-corrected chi connectivity index (χ0v) is 8.27. The van der Waals surface area contributed by atoms with Crippen LogP contribution in [0.2, 0.25) is 0 Å². The molecule has 0 saturated heterocycles. The Hall–Kier alpha value is -1.73. The van der Waals surface area contributed by atoms with Gasteiger partial charge in [-0.15, -0.1) is 11.3 Å². The van der Waals surface area contributed by atoms with E-state index in [1.54, 1.807) is 11.3 Å². The number of nitriles is 1. The molecule has 0 saturated carbocycles. The van der Waals surface area contributed by atoms with Gasteiger partial charge in [0.15, 0.2) is 0 Å². The number of hydrogen-bond donors (Lipinski definition) is 2. The van der Waals surface area contributed by atoms with Gasteiger partial charge in [-0.25, -0.2) is 0 Å². The quantitative estimate of drug-likeness (QED) is 0.697. The van der Waals surface area contributed by atoms with Gasteiger partial charge in [0, 0.05) is 21.2 Å². The number of thiophene rings is 1. The lowest BCUT2D eigenvalue weighted by molar-refractivity contribution is 1.29. The number of fused-ring (bicyclic) bond motifs is 1. The molecule has 0 spiro atoms. The van der Waals surface area contributed by atoms with Crippen molar-refractivity contribution in [1.29, 1.82) is 5.26 Å². The third-order valence-electron chi connectivity index (χ3n) is 2.17. The van der Waals surface area contributed by atoms with E-state index in [2.05, 4.69) is 6.07 Å². The minimum absolute atomic E-state index is 0.310. The first-order chi connectivity index (χ1) is 6.74. The Morgan fingerprint density at radius 3 is 2.79 bits per heavy atom. The Labute approximate surface area is 85.6 Å². The SMILES string of the molecule is N#CCc1c(N)ccc2scc(N)c12. The van der Waals surface area contributed by atoms with E-state index < -0.39 is 0 Å². The molecule has 4 N–H and O–H groups in total. The first-order valence-corrected chi connectivity index (χ1v) is 5.03. The first kappa shape index (κ1) is 8.85. The van der Waals surface area contributed by atoms with Crippen LogP contribution in [-0.4, -0.2) is 0 Å². The van der Waals surface area contributed by atoms with Crippen LogP contribution < -0.4 is 11.5 Å². The van der Waals surface area contributed by atoms with E-state index in [0.717, 1.165) is 15.6 Å². The van der Waals surface area contributed by atoms with Crippen molar-refractivity contribution >= 4 is 32.8 Å². The Kier molecular flexibility index (Phi) is 2.02. The van der Waals surface area contributed by atoms with Gasteiger partial charge in [-0.3, -0.25) is 0 Å². The Balaban J connectivity index is 2.81. The van der Waals surface area contributed by atoms with E-state index in [0.29, 0.717) is 17.8 Å². The van der Waals surface area contributed by atoms with Crippen LogP contribution in [0.25, 0.3) is 10.1 Å². The molecular weight excluding hydrogens is 194 g/mol. The maximum absolute atomic E-state index is 8.69. The highest BCUT2D eigenvalue weighted by molar-refractivity contribution is 7.17. The fourth-order valence-corrected chi connectivity index (χ4v) is 2.39. The molecule has 2 rings (SSSR count). The van der Waals surface area contributed by atoms with E-state index in [-0.39, 0.29) is 0 Å². The van der Waals surface area contributed by atoms with Crippen LogP contribution in [-0.2, 0) is 6.42 Å². The molecule has 3 nitrogen and oxygen atoms in total. The summed E-state index contributed by atoms with van der Waals surface area (Å²) in [5.41, 5.74) is 13.8. The van der Waals surface area contributed by atoms with E-state index in [1.165, 1.54) is 0 Å². The van der Waals surface area contributed by atoms with Gasteiger partial charge in [-0.1, -0.05) is 0 Å². The van der Waals surface area contributed by atoms with Crippen molar-refractivity contribution in [1.82, 2.24) is 0 Å². The maximum atomic E-state index is 8.69. The molecule has 0 fully saturated rings. The van der Waals surface area contributed by atoms with Crippen molar-refractivity contribution in [2.75, 3.05) is 11.5 Å². The van der Waals surface area contributed by atoms with Crippen LogP contribution >= 0.6 is 11.3 Å². The molecule has 0 aliphatic carbocycles. The summed E-state index contributed by atoms with van der Waals surface area (Å²) in [4.78, 5) is 0. The van der Waals surface area contributed by atoms with Gasteiger partial charge < -0.3 is 11.5 Å². The predicted octanol–water partition coefficient (Wildman–Crippen LogP) is 2.13. The number of anilines is 2. The minimum atomic E-state index is 0.310. The van der Waals surface area contributed by atoms with E-state index in [4.69, 9.17) is 16.7 Å². The van der Waals surface area contributed by atoms with Crippen molar-refractivity contribution in [3.8, 4) is 6.07 Å². The molecule has 4 heteroatoms. The standard InChI is InChI=1S/C10H9N3S/c11-4-3-6-7(12)1-2-9-10(6)8(13)5-14-9/h1-2,5H,3,12-13H2. The molecule has 0 amide bonds. The normalized spacial score (nSPS) is 10.2. The van der Waals surface area contributed by atoms with Crippen molar-refractivity contribution in [2.45, 2.75) is 6.42 Å². The molecule has 0 aliphatic rings. The minimum Gasteiger partial charge on any atom is -0.398 e. The second-order valence-corrected chi connectivity index (χ2v) is 3.94. The van der Waals surface area contributed by atoms with Crippen molar-refractivity contribution in [3.63, 3.8) is 0 Å². The second-order valence-electron chi connectivity index (χ2n) is 3.03. The zero-order valence-electron chi connectivity index (χ0n) is 7.45. The topological polar surface area (TPSA) is 75.8 Å². The largest absolute Gasteiger partial charge is 0.398 e. The zero-order chi connectivity index (χ0) is 10.1. The fraction of sp³-hybridized carbons (Fsp3) is 0.100. The number of rotatable bonds is 1. The molecule has 70 valence electrons. The molecule has 1 heterocycles. The molecule has 1 aromatic carbocycles. The number of nitrogen functional groups attached to an aromatic ring is 2. The molecule has 0 bridgehead atoms. The van der Waals surface area contributed by atoms with Crippen LogP contribution in [0.5, 0.6) is 0 Å². The molecule has 0 atom stereocenters. The maximum Gasteiger partial charge on any atom is 0.0670 e. The van der Waals surface area contributed by atoms with Crippen molar-refractivity contribution in [2.24, 2.45) is 0 Å². The molecule has 0 aliphatic heterocycles. The van der Waals surface area contributed by atoms with Gasteiger partial charge in [0.2, 0.25) is 0 Å². The molecule has 0 radical (unpaired) electrons. The third-order valence-corrected chi connectivity index (χ3v) is 3.13. The number of benzene rings is 1. The van der Waals surface area contributed by atoms with Crippen LogP contribution in [0.4, 0.5) is 11.4 Å². The lowest BCUT2D eigenvalue weighted by Gasteiger charge is -2.03. The average Bonchev–Trinajstić information content (AvgIpc) is 2.53. The highest BCUT2D eigenvalue weighted by Gasteiger charge is 2.09. The summed E-state index contributed by atoms with van der Waals surface area (Å²) in [6.45, 7) is 0. The lowest BCUT2D eigenvalue weighted by atomic mass is 10.1. The van der Waals surface area contributed by atoms with Crippen LogP contribution in [0.3, 0.4) is 0 Å². The van der Waals surface area contributed by atoms with Crippen molar-refractivity contribution in [3.05, 3.63) is 23.1 Å². The van der Waals surface area contributed by atoms with Gasteiger partial charge in [0.25, 0.3) is 0 Å². The number of nitrogens with zero attached hydrogens (tertiary/aromatic N) is 1. The second kappa shape index (κ2) is 3.20. The first-order valence-electron chi connectivity index (χ1n) is 4.15. The van der Waals surface area contributed by atoms with Crippen LogP contribution in [0.15, 0.2) is 17.5 Å². The monoisotopic (exact) mass is 203 g/mol. The number of nitrogens with two attached hydrogens (primary N) is 2. The lowest BCUT2D eigenvalue weighted by Crippen LogP contribution is -1.95. The molecule has 14 heavy (non-hydrogen) atoms. The Morgan fingerprint density at radius 1 is 1.29 bits per heavy atom. The summed E-state index contributed by atoms with van der Waals surface area (Å²) >= 11 is 1.57. The van der Waals surface area contributed by atoms with Crippen LogP contribution in [0.1, 0.15) is 5.56 Å². The number of hydrogen-bond acceptors (Lipinski definition) is 4. The summed E-state index contributed by atoms with van der Waals surface area (Å²) in [5, 5.41) is 11.5. The van der Waals surface area contributed by atoms with Crippen molar-refractivity contribution < 1.29 is 0 Å². The third kappa shape index (κ3) is 1.19. The van der Waals surface area contributed by atoms with E-state index in [1.807, 2.05) is 17.5 Å².